The number of hydrogen-bond donors (Lipinski definition) is 3. The number of nitrogens with one attached hydrogen (secondary N) is 1. The SMILES string of the molecule is Cc1nc(NCc2ccc(N)c(O)c2)sc1C. The average molecular weight is 249 g/mol. The molecule has 0 saturated carbocycles. The van der Waals surface area contributed by atoms with E-state index in [4.69, 9.17) is 5.73 Å². The number of nitrogens with two attached hydrogens (primary N) is 1. The van der Waals surface area contributed by atoms with E-state index in [1.54, 1.807) is 23.5 Å². The highest BCUT2D eigenvalue weighted by Crippen LogP contribution is 2.24. The van der Waals surface area contributed by atoms with E-state index in [2.05, 4.69) is 10.3 Å². The molecule has 0 aliphatic rings. The Morgan fingerprint density at radius 3 is 2.76 bits per heavy atom. The van der Waals surface area contributed by atoms with Gasteiger partial charge in [0.2, 0.25) is 0 Å². The van der Waals surface area contributed by atoms with Gasteiger partial charge in [0.1, 0.15) is 5.75 Å². The fraction of sp³-hybridized carbons (Fsp3) is 0.250. The molecule has 5 heteroatoms. The number of phenolic OH excluding ortho intramolecular Hbond substituents is 1. The van der Waals surface area contributed by atoms with Crippen molar-refractivity contribution in [2.45, 2.75) is 20.4 Å². The molecule has 2 rings (SSSR count). The summed E-state index contributed by atoms with van der Waals surface area (Å²) in [6, 6.07) is 5.25. The smallest absolute Gasteiger partial charge is 0.183 e. The molecule has 0 amide bonds. The first-order valence-corrected chi connectivity index (χ1v) is 6.13. The lowest BCUT2D eigenvalue weighted by Gasteiger charge is -2.05. The Morgan fingerprint density at radius 2 is 2.18 bits per heavy atom. The molecular weight excluding hydrogens is 234 g/mol. The normalized spacial score (nSPS) is 10.5. The van der Waals surface area contributed by atoms with Crippen LogP contribution >= 0.6 is 11.3 Å². The van der Waals surface area contributed by atoms with Crippen LogP contribution in [0.15, 0.2) is 18.2 Å². The summed E-state index contributed by atoms with van der Waals surface area (Å²) >= 11 is 1.63. The number of nitrogens with zero attached hydrogens (tertiary/aromatic N) is 1. The first-order valence-electron chi connectivity index (χ1n) is 5.31. The van der Waals surface area contributed by atoms with Gasteiger partial charge in [0, 0.05) is 11.4 Å². The van der Waals surface area contributed by atoms with Crippen LogP contribution in [0.1, 0.15) is 16.1 Å². The van der Waals surface area contributed by atoms with Crippen LogP contribution in [-0.2, 0) is 6.54 Å². The zero-order valence-corrected chi connectivity index (χ0v) is 10.6. The maximum Gasteiger partial charge on any atom is 0.183 e. The number of nitrogen functional groups attached to an aromatic ring is 1. The van der Waals surface area contributed by atoms with Gasteiger partial charge in [-0.25, -0.2) is 4.98 Å². The van der Waals surface area contributed by atoms with E-state index in [-0.39, 0.29) is 5.75 Å². The summed E-state index contributed by atoms with van der Waals surface area (Å²) in [6.07, 6.45) is 0. The first kappa shape index (κ1) is 11.7. The van der Waals surface area contributed by atoms with Crippen LogP contribution in [0, 0.1) is 13.8 Å². The molecule has 0 spiro atoms. The van der Waals surface area contributed by atoms with Crippen molar-refractivity contribution in [3.05, 3.63) is 34.3 Å². The molecule has 1 aromatic carbocycles. The van der Waals surface area contributed by atoms with Crippen molar-refractivity contribution < 1.29 is 5.11 Å². The third kappa shape index (κ3) is 2.68. The third-order valence-electron chi connectivity index (χ3n) is 2.57. The summed E-state index contributed by atoms with van der Waals surface area (Å²) in [5.74, 6) is 0.121. The Morgan fingerprint density at radius 1 is 1.41 bits per heavy atom. The van der Waals surface area contributed by atoms with Crippen molar-refractivity contribution in [1.82, 2.24) is 4.98 Å². The van der Waals surface area contributed by atoms with Crippen LogP contribution in [0.2, 0.25) is 0 Å². The minimum Gasteiger partial charge on any atom is -0.506 e. The molecule has 0 unspecified atom stereocenters. The molecule has 17 heavy (non-hydrogen) atoms. The number of benzene rings is 1. The second-order valence-corrected chi connectivity index (χ2v) is 5.11. The Kier molecular flexibility index (Phi) is 3.19. The predicted octanol–water partition coefficient (Wildman–Crippen LogP) is 2.66. The highest BCUT2D eigenvalue weighted by atomic mass is 32.1. The Labute approximate surface area is 104 Å². The topological polar surface area (TPSA) is 71.2 Å². The van der Waals surface area contributed by atoms with E-state index in [1.165, 1.54) is 4.88 Å². The highest BCUT2D eigenvalue weighted by Gasteiger charge is 2.04. The van der Waals surface area contributed by atoms with Gasteiger partial charge in [-0.2, -0.15) is 0 Å². The summed E-state index contributed by atoms with van der Waals surface area (Å²) in [5.41, 5.74) is 7.96. The summed E-state index contributed by atoms with van der Waals surface area (Å²) < 4.78 is 0. The Balaban J connectivity index is 2.04. The van der Waals surface area contributed by atoms with E-state index < -0.39 is 0 Å². The van der Waals surface area contributed by atoms with Gasteiger partial charge in [0.15, 0.2) is 5.13 Å². The minimum absolute atomic E-state index is 0.121. The van der Waals surface area contributed by atoms with Gasteiger partial charge < -0.3 is 16.2 Å². The summed E-state index contributed by atoms with van der Waals surface area (Å²) in [7, 11) is 0. The minimum atomic E-state index is 0.121. The number of aromatic nitrogens is 1. The molecule has 1 heterocycles. The molecule has 0 bridgehead atoms. The number of hydrogen-bond acceptors (Lipinski definition) is 5. The molecule has 2 aromatic rings. The van der Waals surface area contributed by atoms with Crippen LogP contribution in [0.3, 0.4) is 0 Å². The predicted molar refractivity (Wildman–Crippen MR) is 71.4 cm³/mol. The fourth-order valence-electron chi connectivity index (χ4n) is 1.43. The van der Waals surface area contributed by atoms with Gasteiger partial charge in [0.05, 0.1) is 11.4 Å². The van der Waals surface area contributed by atoms with Crippen molar-refractivity contribution in [3.8, 4) is 5.75 Å². The van der Waals surface area contributed by atoms with Gasteiger partial charge in [-0.3, -0.25) is 0 Å². The molecular formula is C12H15N3OS. The molecule has 4 nitrogen and oxygen atoms in total. The van der Waals surface area contributed by atoms with Crippen LogP contribution in [0.25, 0.3) is 0 Å². The zero-order chi connectivity index (χ0) is 12.4. The molecule has 0 radical (unpaired) electrons. The highest BCUT2D eigenvalue weighted by molar-refractivity contribution is 7.15. The summed E-state index contributed by atoms with van der Waals surface area (Å²) in [5, 5.41) is 13.6. The quantitative estimate of drug-likeness (QED) is 0.577. The van der Waals surface area contributed by atoms with E-state index in [0.717, 1.165) is 16.4 Å². The molecule has 0 aliphatic carbocycles. The maximum absolute atomic E-state index is 9.48. The lowest BCUT2D eigenvalue weighted by atomic mass is 10.2. The average Bonchev–Trinajstić information content (AvgIpc) is 2.60. The standard InChI is InChI=1S/C12H15N3OS/c1-7-8(2)17-12(15-7)14-6-9-3-4-10(13)11(16)5-9/h3-5,16H,6,13H2,1-2H3,(H,14,15). The third-order valence-corrected chi connectivity index (χ3v) is 3.60. The Hall–Kier alpha value is -1.75. The number of anilines is 2. The van der Waals surface area contributed by atoms with Crippen LogP contribution in [0.5, 0.6) is 5.75 Å². The monoisotopic (exact) mass is 249 g/mol. The number of phenols is 1. The van der Waals surface area contributed by atoms with Crippen molar-refractivity contribution >= 4 is 22.2 Å². The second-order valence-electron chi connectivity index (χ2n) is 3.91. The lowest BCUT2D eigenvalue weighted by Crippen LogP contribution is -1.99. The van der Waals surface area contributed by atoms with Crippen LogP contribution in [-0.4, -0.2) is 10.1 Å². The molecule has 0 fully saturated rings. The van der Waals surface area contributed by atoms with Gasteiger partial charge in [-0.15, -0.1) is 11.3 Å². The van der Waals surface area contributed by atoms with E-state index in [1.807, 2.05) is 19.9 Å². The maximum atomic E-state index is 9.48. The van der Waals surface area contributed by atoms with E-state index >= 15 is 0 Å². The second kappa shape index (κ2) is 4.63. The number of rotatable bonds is 3. The molecule has 0 aliphatic heterocycles. The molecule has 4 N–H and O–H groups in total. The van der Waals surface area contributed by atoms with Gasteiger partial charge in [-0.05, 0) is 31.5 Å². The molecule has 1 aromatic heterocycles. The number of aromatic hydroxyl groups is 1. The van der Waals surface area contributed by atoms with Crippen molar-refractivity contribution in [1.29, 1.82) is 0 Å². The van der Waals surface area contributed by atoms with Crippen molar-refractivity contribution in [3.63, 3.8) is 0 Å². The van der Waals surface area contributed by atoms with Gasteiger partial charge in [0.25, 0.3) is 0 Å². The molecule has 0 saturated heterocycles. The van der Waals surface area contributed by atoms with Crippen LogP contribution < -0.4 is 11.1 Å². The lowest BCUT2D eigenvalue weighted by molar-refractivity contribution is 0.477. The summed E-state index contributed by atoms with van der Waals surface area (Å²) in [4.78, 5) is 5.60. The molecule has 0 atom stereocenters. The fourth-order valence-corrected chi connectivity index (χ4v) is 2.24. The first-order chi connectivity index (χ1) is 8.06. The van der Waals surface area contributed by atoms with E-state index in [9.17, 15) is 5.11 Å². The van der Waals surface area contributed by atoms with Gasteiger partial charge >= 0.3 is 0 Å². The van der Waals surface area contributed by atoms with Crippen LogP contribution in [0.4, 0.5) is 10.8 Å². The Bertz CT molecular complexity index is 517. The molecule has 90 valence electrons. The van der Waals surface area contributed by atoms with Crippen molar-refractivity contribution in [2.24, 2.45) is 0 Å². The van der Waals surface area contributed by atoms with E-state index in [0.29, 0.717) is 12.2 Å². The summed E-state index contributed by atoms with van der Waals surface area (Å²) in [6.45, 7) is 4.67. The number of aryl methyl sites for hydroxylation is 2. The zero-order valence-electron chi connectivity index (χ0n) is 9.82. The van der Waals surface area contributed by atoms with Gasteiger partial charge in [-0.1, -0.05) is 6.07 Å². The largest absolute Gasteiger partial charge is 0.506 e. The number of thiazole rings is 1. The van der Waals surface area contributed by atoms with Crippen molar-refractivity contribution in [2.75, 3.05) is 11.1 Å².